The Labute approximate surface area is 96.8 Å². The third kappa shape index (κ3) is 2.73. The summed E-state index contributed by atoms with van der Waals surface area (Å²) < 4.78 is 1.74. The minimum atomic E-state index is -0.501. The molecule has 0 saturated heterocycles. The van der Waals surface area contributed by atoms with Gasteiger partial charge < -0.3 is 5.11 Å². The van der Waals surface area contributed by atoms with Crippen LogP contribution in [0, 0.1) is 0 Å². The molecule has 1 aliphatic rings. The van der Waals surface area contributed by atoms with Gasteiger partial charge in [0.05, 0.1) is 5.69 Å². The molecule has 0 radical (unpaired) electrons. The number of aliphatic hydroxyl groups is 1. The van der Waals surface area contributed by atoms with Crippen molar-refractivity contribution in [3.63, 3.8) is 0 Å². The van der Waals surface area contributed by atoms with Crippen LogP contribution in [0.25, 0.3) is 0 Å². The summed E-state index contributed by atoms with van der Waals surface area (Å²) in [6.45, 7) is 0. The summed E-state index contributed by atoms with van der Waals surface area (Å²) in [6, 6.07) is 1.89. The average Bonchev–Trinajstić information content (AvgIpc) is 2.63. The maximum absolute atomic E-state index is 10.2. The molecule has 0 bridgehead atoms. The first kappa shape index (κ1) is 11.4. The largest absolute Gasteiger partial charge is 0.382 e. The van der Waals surface area contributed by atoms with E-state index in [0.29, 0.717) is 0 Å². The fourth-order valence-corrected chi connectivity index (χ4v) is 2.23. The number of hydrogen-bond donors (Lipinski definition) is 1. The van der Waals surface area contributed by atoms with E-state index >= 15 is 0 Å². The SMILES string of the molecule is Cn1ccc(C(O)/C2=C/CCCCCC2)n1. The molecule has 16 heavy (non-hydrogen) atoms. The molecular weight excluding hydrogens is 200 g/mol. The van der Waals surface area contributed by atoms with Crippen LogP contribution in [0.5, 0.6) is 0 Å². The molecule has 3 nitrogen and oxygen atoms in total. The Morgan fingerprint density at radius 3 is 2.88 bits per heavy atom. The molecular formula is C13H20N2O. The first-order valence-electron chi connectivity index (χ1n) is 6.14. The van der Waals surface area contributed by atoms with E-state index in [1.165, 1.54) is 25.7 Å². The highest BCUT2D eigenvalue weighted by Crippen LogP contribution is 2.27. The Morgan fingerprint density at radius 1 is 1.31 bits per heavy atom. The zero-order valence-corrected chi connectivity index (χ0v) is 9.89. The molecule has 0 aliphatic heterocycles. The van der Waals surface area contributed by atoms with Gasteiger partial charge in [-0.05, 0) is 37.3 Å². The van der Waals surface area contributed by atoms with Crippen LogP contribution in [-0.4, -0.2) is 14.9 Å². The molecule has 1 atom stereocenters. The van der Waals surface area contributed by atoms with Crippen LogP contribution in [0.15, 0.2) is 23.9 Å². The molecule has 1 heterocycles. The van der Waals surface area contributed by atoms with E-state index in [1.807, 2.05) is 19.3 Å². The van der Waals surface area contributed by atoms with Crippen LogP contribution < -0.4 is 0 Å². The number of aryl methyl sites for hydroxylation is 1. The molecule has 1 unspecified atom stereocenters. The lowest BCUT2D eigenvalue weighted by molar-refractivity contribution is 0.203. The maximum Gasteiger partial charge on any atom is 0.119 e. The normalized spacial score (nSPS) is 23.0. The van der Waals surface area contributed by atoms with E-state index in [9.17, 15) is 5.11 Å². The number of rotatable bonds is 2. The smallest absolute Gasteiger partial charge is 0.119 e. The zero-order valence-electron chi connectivity index (χ0n) is 9.89. The lowest BCUT2D eigenvalue weighted by Gasteiger charge is -2.15. The van der Waals surface area contributed by atoms with Crippen molar-refractivity contribution in [2.24, 2.45) is 7.05 Å². The van der Waals surface area contributed by atoms with Crippen LogP contribution in [0.3, 0.4) is 0 Å². The number of aromatic nitrogens is 2. The highest BCUT2D eigenvalue weighted by molar-refractivity contribution is 5.19. The molecule has 0 saturated carbocycles. The van der Waals surface area contributed by atoms with Gasteiger partial charge in [-0.15, -0.1) is 0 Å². The monoisotopic (exact) mass is 220 g/mol. The van der Waals surface area contributed by atoms with Crippen LogP contribution >= 0.6 is 0 Å². The Balaban J connectivity index is 2.09. The molecule has 3 heteroatoms. The van der Waals surface area contributed by atoms with Gasteiger partial charge in [-0.2, -0.15) is 5.10 Å². The summed E-state index contributed by atoms with van der Waals surface area (Å²) in [4.78, 5) is 0. The number of allylic oxidation sites excluding steroid dienone is 1. The highest BCUT2D eigenvalue weighted by atomic mass is 16.3. The Morgan fingerprint density at radius 2 is 2.12 bits per heavy atom. The van der Waals surface area contributed by atoms with E-state index < -0.39 is 6.10 Å². The lowest BCUT2D eigenvalue weighted by atomic mass is 9.95. The predicted octanol–water partition coefficient (Wildman–Crippen LogP) is 2.73. The van der Waals surface area contributed by atoms with Crippen molar-refractivity contribution in [1.29, 1.82) is 0 Å². The Kier molecular flexibility index (Phi) is 3.78. The van der Waals surface area contributed by atoms with Gasteiger partial charge in [0, 0.05) is 13.2 Å². The Bertz CT molecular complexity index is 368. The van der Waals surface area contributed by atoms with E-state index in [-0.39, 0.29) is 0 Å². The van der Waals surface area contributed by atoms with E-state index in [1.54, 1.807) is 4.68 Å². The summed E-state index contributed by atoms with van der Waals surface area (Å²) >= 11 is 0. The highest BCUT2D eigenvalue weighted by Gasteiger charge is 2.16. The van der Waals surface area contributed by atoms with Crippen LogP contribution in [-0.2, 0) is 7.05 Å². The Hall–Kier alpha value is -1.09. The molecule has 88 valence electrons. The molecule has 1 aromatic heterocycles. The third-order valence-electron chi connectivity index (χ3n) is 3.19. The van der Waals surface area contributed by atoms with Crippen molar-refractivity contribution in [3.8, 4) is 0 Å². The molecule has 1 aromatic rings. The fourth-order valence-electron chi connectivity index (χ4n) is 2.23. The van der Waals surface area contributed by atoms with Crippen molar-refractivity contribution >= 4 is 0 Å². The second-order valence-corrected chi connectivity index (χ2v) is 4.55. The fraction of sp³-hybridized carbons (Fsp3) is 0.615. The van der Waals surface area contributed by atoms with Gasteiger partial charge in [-0.3, -0.25) is 4.68 Å². The van der Waals surface area contributed by atoms with E-state index in [2.05, 4.69) is 11.2 Å². The molecule has 1 N–H and O–H groups in total. The second-order valence-electron chi connectivity index (χ2n) is 4.55. The summed E-state index contributed by atoms with van der Waals surface area (Å²) in [5, 5.41) is 14.5. The zero-order chi connectivity index (χ0) is 11.4. The second kappa shape index (κ2) is 5.30. The molecule has 2 rings (SSSR count). The number of nitrogens with zero attached hydrogens (tertiary/aromatic N) is 2. The van der Waals surface area contributed by atoms with Crippen LogP contribution in [0.1, 0.15) is 50.3 Å². The third-order valence-corrected chi connectivity index (χ3v) is 3.19. The molecule has 0 amide bonds. The molecule has 0 spiro atoms. The quantitative estimate of drug-likeness (QED) is 0.778. The molecule has 0 aromatic carbocycles. The van der Waals surface area contributed by atoms with Gasteiger partial charge in [0.2, 0.25) is 0 Å². The number of hydrogen-bond acceptors (Lipinski definition) is 2. The first-order chi connectivity index (χ1) is 7.77. The standard InChI is InChI=1S/C13H20N2O/c1-15-10-9-12(14-15)13(16)11-7-5-3-2-4-6-8-11/h7,9-10,13,16H,2-6,8H2,1H3/b11-7+. The van der Waals surface area contributed by atoms with Gasteiger partial charge in [0.1, 0.15) is 6.10 Å². The minimum Gasteiger partial charge on any atom is -0.382 e. The van der Waals surface area contributed by atoms with Crippen molar-refractivity contribution < 1.29 is 5.11 Å². The number of aliphatic hydroxyl groups excluding tert-OH is 1. The van der Waals surface area contributed by atoms with Gasteiger partial charge >= 0.3 is 0 Å². The van der Waals surface area contributed by atoms with Crippen LogP contribution in [0.4, 0.5) is 0 Å². The van der Waals surface area contributed by atoms with Crippen molar-refractivity contribution in [3.05, 3.63) is 29.6 Å². The minimum absolute atomic E-state index is 0.501. The van der Waals surface area contributed by atoms with Gasteiger partial charge in [-0.25, -0.2) is 0 Å². The average molecular weight is 220 g/mol. The van der Waals surface area contributed by atoms with Gasteiger partial charge in [0.25, 0.3) is 0 Å². The molecule has 0 fully saturated rings. The summed E-state index contributed by atoms with van der Waals surface area (Å²) in [5.41, 5.74) is 1.92. The van der Waals surface area contributed by atoms with Crippen molar-refractivity contribution in [2.75, 3.05) is 0 Å². The predicted molar refractivity (Wildman–Crippen MR) is 64.0 cm³/mol. The topological polar surface area (TPSA) is 38.0 Å². The lowest BCUT2D eigenvalue weighted by Crippen LogP contribution is -2.05. The van der Waals surface area contributed by atoms with Gasteiger partial charge in [-0.1, -0.05) is 18.9 Å². The summed E-state index contributed by atoms with van der Waals surface area (Å²) in [5.74, 6) is 0. The molecule has 1 aliphatic carbocycles. The first-order valence-corrected chi connectivity index (χ1v) is 6.14. The van der Waals surface area contributed by atoms with Crippen LogP contribution in [0.2, 0.25) is 0 Å². The van der Waals surface area contributed by atoms with E-state index in [4.69, 9.17) is 0 Å². The summed E-state index contributed by atoms with van der Waals surface area (Å²) in [6.07, 6.45) is 10.7. The van der Waals surface area contributed by atoms with Crippen molar-refractivity contribution in [2.45, 2.75) is 44.6 Å². The maximum atomic E-state index is 10.2. The van der Waals surface area contributed by atoms with Gasteiger partial charge in [0.15, 0.2) is 0 Å². The van der Waals surface area contributed by atoms with Crippen molar-refractivity contribution in [1.82, 2.24) is 9.78 Å². The summed E-state index contributed by atoms with van der Waals surface area (Å²) in [7, 11) is 1.88. The van der Waals surface area contributed by atoms with E-state index in [0.717, 1.165) is 24.1 Å².